The van der Waals surface area contributed by atoms with Crippen molar-refractivity contribution in [1.29, 1.82) is 0 Å². The molecule has 64 valence electrons. The number of rotatable bonds is 0. The van der Waals surface area contributed by atoms with E-state index in [1.165, 1.54) is 0 Å². The Morgan fingerprint density at radius 2 is 1.80 bits per heavy atom. The van der Waals surface area contributed by atoms with Gasteiger partial charge in [-0.15, -0.1) is 0 Å². The van der Waals surface area contributed by atoms with Crippen LogP contribution in [0.4, 0.5) is 14.1 Å². The minimum absolute atomic E-state index is 0. The van der Waals surface area contributed by atoms with Crippen LogP contribution in [0, 0.1) is 0 Å². The summed E-state index contributed by atoms with van der Waals surface area (Å²) in [7, 11) is 1.84. The van der Waals surface area contributed by atoms with Gasteiger partial charge in [0.2, 0.25) is 5.91 Å². The molecule has 10 heavy (non-hydrogen) atoms. The molecule has 1 aliphatic rings. The van der Waals surface area contributed by atoms with Crippen molar-refractivity contribution in [1.82, 2.24) is 4.90 Å². The molecule has 0 aliphatic carbocycles. The Kier molecular flexibility index (Phi) is 10.3. The monoisotopic (exact) mass is 159 g/mol. The topological polar surface area (TPSA) is 20.3 Å². The Balaban J connectivity index is -0.000000163. The lowest BCUT2D eigenvalue weighted by atomic mass is 10.4. The first-order valence-corrected chi connectivity index (χ1v) is 2.54. The maximum absolute atomic E-state index is 10.5. The fourth-order valence-corrected chi connectivity index (χ4v) is 0.783. The van der Waals surface area contributed by atoms with Crippen LogP contribution in [0.15, 0.2) is 0 Å². The van der Waals surface area contributed by atoms with Crippen LogP contribution in [-0.2, 0) is 4.79 Å². The molecule has 0 saturated carbocycles. The minimum Gasteiger partial charge on any atom is -0.346 e. The molecule has 0 aromatic heterocycles. The number of halogens is 3. The Morgan fingerprint density at radius 3 is 1.90 bits per heavy atom. The van der Waals surface area contributed by atoms with E-state index in [2.05, 4.69) is 0 Å². The summed E-state index contributed by atoms with van der Waals surface area (Å²) in [5, 5.41) is 0. The van der Waals surface area contributed by atoms with Gasteiger partial charge in [0, 0.05) is 20.0 Å². The molecule has 1 aliphatic heterocycles. The van der Waals surface area contributed by atoms with Crippen molar-refractivity contribution < 1.29 is 18.9 Å². The standard InChI is InChI=1S/C5H9NO.3FH/c1-6-4-2-3-5(6)7;;;/h2-4H2,1H3;3*1H. The van der Waals surface area contributed by atoms with E-state index in [4.69, 9.17) is 0 Å². The summed E-state index contributed by atoms with van der Waals surface area (Å²) in [5.41, 5.74) is 0. The summed E-state index contributed by atoms with van der Waals surface area (Å²) in [6.07, 6.45) is 1.81. The molecule has 1 fully saturated rings. The molecular weight excluding hydrogens is 147 g/mol. The van der Waals surface area contributed by atoms with E-state index in [-0.39, 0.29) is 14.1 Å². The predicted octanol–water partition coefficient (Wildman–Crippen LogP) is 0.696. The molecule has 0 bridgehead atoms. The van der Waals surface area contributed by atoms with E-state index in [1.54, 1.807) is 4.90 Å². The molecule has 2 nitrogen and oxygen atoms in total. The van der Waals surface area contributed by atoms with Crippen molar-refractivity contribution >= 4 is 5.91 Å². The Hall–Kier alpha value is -0.740. The molecule has 0 radical (unpaired) electrons. The first-order valence-electron chi connectivity index (χ1n) is 2.54. The van der Waals surface area contributed by atoms with Crippen LogP contribution in [0.5, 0.6) is 0 Å². The van der Waals surface area contributed by atoms with E-state index in [0.29, 0.717) is 5.91 Å². The maximum atomic E-state index is 10.5. The van der Waals surface area contributed by atoms with Crippen LogP contribution in [0.1, 0.15) is 12.8 Å². The lowest BCUT2D eigenvalue weighted by Crippen LogP contribution is -2.17. The van der Waals surface area contributed by atoms with Crippen molar-refractivity contribution in [3.8, 4) is 0 Å². The average Bonchev–Trinajstić information content (AvgIpc) is 1.91. The summed E-state index contributed by atoms with van der Waals surface area (Å²) in [5.74, 6) is 0.292. The van der Waals surface area contributed by atoms with Gasteiger partial charge in [0.1, 0.15) is 0 Å². The third kappa shape index (κ3) is 3.32. The van der Waals surface area contributed by atoms with Crippen molar-refractivity contribution in [2.75, 3.05) is 13.6 Å². The molecule has 1 amide bonds. The first-order chi connectivity index (χ1) is 3.30. The Bertz CT molecular complexity index is 98.9. The van der Waals surface area contributed by atoms with Gasteiger partial charge >= 0.3 is 0 Å². The fraction of sp³-hybridized carbons (Fsp3) is 0.800. The second-order valence-electron chi connectivity index (χ2n) is 1.92. The molecule has 0 aromatic rings. The van der Waals surface area contributed by atoms with Crippen LogP contribution in [0.25, 0.3) is 0 Å². The maximum Gasteiger partial charge on any atom is 0.222 e. The number of amides is 1. The number of carbonyl (C=O) groups is 1. The Labute approximate surface area is 57.3 Å². The van der Waals surface area contributed by atoms with Gasteiger partial charge in [-0.05, 0) is 6.42 Å². The molecule has 1 heterocycles. The highest BCUT2D eigenvalue weighted by Crippen LogP contribution is 2.04. The van der Waals surface area contributed by atoms with Crippen LogP contribution >= 0.6 is 0 Å². The molecular formula is C5H12F3NO. The van der Waals surface area contributed by atoms with Gasteiger partial charge in [0.25, 0.3) is 0 Å². The number of likely N-dealkylation sites (tertiary alicyclic amines) is 1. The van der Waals surface area contributed by atoms with Gasteiger partial charge in [0.05, 0.1) is 0 Å². The highest BCUT2D eigenvalue weighted by Gasteiger charge is 2.14. The van der Waals surface area contributed by atoms with Gasteiger partial charge < -0.3 is 4.90 Å². The first kappa shape index (κ1) is 16.1. The molecule has 1 rings (SSSR count). The SMILES string of the molecule is CN1CCCC1=O.F.F.F. The van der Waals surface area contributed by atoms with Gasteiger partial charge in [-0.3, -0.25) is 18.9 Å². The lowest BCUT2D eigenvalue weighted by molar-refractivity contribution is -0.126. The summed E-state index contributed by atoms with van der Waals surface area (Å²) >= 11 is 0. The normalized spacial score (nSPS) is 14.9. The second-order valence-corrected chi connectivity index (χ2v) is 1.92. The summed E-state index contributed by atoms with van der Waals surface area (Å²) in [6, 6.07) is 0. The largest absolute Gasteiger partial charge is 0.346 e. The van der Waals surface area contributed by atoms with Gasteiger partial charge in [0.15, 0.2) is 0 Å². The van der Waals surface area contributed by atoms with Crippen molar-refractivity contribution in [3.63, 3.8) is 0 Å². The van der Waals surface area contributed by atoms with Crippen LogP contribution in [0.2, 0.25) is 0 Å². The summed E-state index contributed by atoms with van der Waals surface area (Å²) in [4.78, 5) is 12.3. The lowest BCUT2D eigenvalue weighted by Gasteiger charge is -2.03. The molecule has 5 heteroatoms. The van der Waals surface area contributed by atoms with Gasteiger partial charge in [-0.1, -0.05) is 0 Å². The number of nitrogens with zero attached hydrogens (tertiary/aromatic N) is 1. The molecule has 0 N–H and O–H groups in total. The zero-order valence-corrected chi connectivity index (χ0v) is 5.70. The molecule has 0 spiro atoms. The van der Waals surface area contributed by atoms with E-state index >= 15 is 0 Å². The van der Waals surface area contributed by atoms with Crippen LogP contribution < -0.4 is 0 Å². The van der Waals surface area contributed by atoms with Crippen LogP contribution in [-0.4, -0.2) is 24.4 Å². The molecule has 1 saturated heterocycles. The van der Waals surface area contributed by atoms with Crippen molar-refractivity contribution in [2.45, 2.75) is 12.8 Å². The molecule has 0 unspecified atom stereocenters. The van der Waals surface area contributed by atoms with Gasteiger partial charge in [-0.2, -0.15) is 0 Å². The predicted molar refractivity (Wildman–Crippen MR) is 34.4 cm³/mol. The molecule has 0 atom stereocenters. The Morgan fingerprint density at radius 1 is 1.30 bits per heavy atom. The number of hydrogen-bond donors (Lipinski definition) is 0. The minimum atomic E-state index is 0. The van der Waals surface area contributed by atoms with E-state index in [0.717, 1.165) is 19.4 Å². The van der Waals surface area contributed by atoms with Crippen LogP contribution in [0.3, 0.4) is 0 Å². The van der Waals surface area contributed by atoms with E-state index < -0.39 is 0 Å². The molecule has 0 aromatic carbocycles. The summed E-state index contributed by atoms with van der Waals surface area (Å²) < 4.78 is 0. The zero-order valence-electron chi connectivity index (χ0n) is 5.70. The van der Waals surface area contributed by atoms with Gasteiger partial charge in [-0.25, -0.2) is 0 Å². The fourth-order valence-electron chi connectivity index (χ4n) is 0.783. The highest BCUT2D eigenvalue weighted by atomic mass is 19.0. The summed E-state index contributed by atoms with van der Waals surface area (Å²) in [6.45, 7) is 0.957. The smallest absolute Gasteiger partial charge is 0.222 e. The second kappa shape index (κ2) is 6.38. The zero-order chi connectivity index (χ0) is 5.28. The van der Waals surface area contributed by atoms with E-state index in [1.807, 2.05) is 7.05 Å². The average molecular weight is 159 g/mol. The van der Waals surface area contributed by atoms with E-state index in [9.17, 15) is 4.79 Å². The third-order valence-electron chi connectivity index (χ3n) is 1.31. The van der Waals surface area contributed by atoms with Crippen molar-refractivity contribution in [3.05, 3.63) is 0 Å². The number of hydrogen-bond acceptors (Lipinski definition) is 1. The third-order valence-corrected chi connectivity index (χ3v) is 1.31. The van der Waals surface area contributed by atoms with Crippen molar-refractivity contribution in [2.24, 2.45) is 0 Å². The quantitative estimate of drug-likeness (QED) is 0.509. The number of carbonyl (C=O) groups excluding carboxylic acids is 1. The highest BCUT2D eigenvalue weighted by molar-refractivity contribution is 5.77.